The first-order chi connectivity index (χ1) is 12.1. The summed E-state index contributed by atoms with van der Waals surface area (Å²) in [4.78, 5) is 5.86. The first-order valence-corrected chi connectivity index (χ1v) is 8.03. The number of alkyl halides is 3. The number of aliphatic imine (C=N–C) groups is 1. The number of aryl methyl sites for hydroxylation is 1. The molecule has 3 rings (SSSR count). The smallest absolute Gasteiger partial charge is 0.383 e. The number of nitrogens with zero attached hydrogens (tertiary/aromatic N) is 3. The van der Waals surface area contributed by atoms with Crippen LogP contribution in [0.15, 0.2) is 47.0 Å². The quantitative estimate of drug-likeness (QED) is 0.847. The number of hydrogen-bond donors (Lipinski definition) is 2. The van der Waals surface area contributed by atoms with Crippen molar-refractivity contribution >= 4 is 5.96 Å². The van der Waals surface area contributed by atoms with Crippen molar-refractivity contribution in [2.24, 2.45) is 16.6 Å². The van der Waals surface area contributed by atoms with Crippen molar-refractivity contribution in [2.75, 3.05) is 0 Å². The average molecular weight is 361 g/mol. The maximum absolute atomic E-state index is 13.4. The third-order valence-electron chi connectivity index (χ3n) is 4.70. The number of rotatable bonds is 2. The molecule has 1 aromatic carbocycles. The van der Waals surface area contributed by atoms with Crippen molar-refractivity contribution in [3.8, 4) is 6.07 Å². The van der Waals surface area contributed by atoms with Gasteiger partial charge in [0.25, 0.3) is 0 Å². The lowest BCUT2D eigenvalue weighted by molar-refractivity contribution is -0.137. The van der Waals surface area contributed by atoms with Crippen LogP contribution in [0.1, 0.15) is 30.5 Å². The Kier molecular flexibility index (Phi) is 3.98. The number of fused-ring (bicyclic) bond motifs is 1. The largest absolute Gasteiger partial charge is 0.416 e. The molecule has 0 saturated heterocycles. The fourth-order valence-corrected chi connectivity index (χ4v) is 3.68. The summed E-state index contributed by atoms with van der Waals surface area (Å²) in [6.45, 7) is 5.28. The standard InChI is InChI=1S/C18H18F3N5/c1-10(2)17(12-6-11(3)7-13(8-12)18(19,20)21)14(9-22)15(23)25-16-24-4-5-26(16)17/h4-8,10H,23H2,1-3H3,(H,24,25). The average Bonchev–Trinajstić information content (AvgIpc) is 2.99. The van der Waals surface area contributed by atoms with Gasteiger partial charge in [0.05, 0.1) is 5.56 Å². The summed E-state index contributed by atoms with van der Waals surface area (Å²) in [6.07, 6.45) is -1.21. The van der Waals surface area contributed by atoms with E-state index in [2.05, 4.69) is 16.4 Å². The van der Waals surface area contributed by atoms with Crippen LogP contribution in [0.2, 0.25) is 0 Å². The lowest BCUT2D eigenvalue weighted by atomic mass is 9.71. The maximum Gasteiger partial charge on any atom is 0.416 e. The van der Waals surface area contributed by atoms with Gasteiger partial charge in [0, 0.05) is 12.4 Å². The molecule has 1 aromatic rings. The number of guanidine groups is 1. The Hall–Kier alpha value is -2.95. The number of nitrogens with two attached hydrogens (primary N) is 1. The van der Waals surface area contributed by atoms with Crippen molar-refractivity contribution in [3.63, 3.8) is 0 Å². The van der Waals surface area contributed by atoms with Crippen LogP contribution >= 0.6 is 0 Å². The van der Waals surface area contributed by atoms with Crippen LogP contribution in [0.25, 0.3) is 0 Å². The Morgan fingerprint density at radius 1 is 1.31 bits per heavy atom. The Morgan fingerprint density at radius 2 is 2.00 bits per heavy atom. The molecule has 0 amide bonds. The van der Waals surface area contributed by atoms with Gasteiger partial charge in [-0.15, -0.1) is 0 Å². The third-order valence-corrected chi connectivity index (χ3v) is 4.70. The molecule has 2 heterocycles. The molecule has 0 aliphatic carbocycles. The summed E-state index contributed by atoms with van der Waals surface area (Å²) in [6, 6.07) is 5.92. The van der Waals surface area contributed by atoms with E-state index in [1.807, 2.05) is 13.8 Å². The second-order valence-corrected chi connectivity index (χ2v) is 6.64. The summed E-state index contributed by atoms with van der Waals surface area (Å²) in [7, 11) is 0. The predicted octanol–water partition coefficient (Wildman–Crippen LogP) is 3.31. The maximum atomic E-state index is 13.4. The first-order valence-electron chi connectivity index (χ1n) is 8.03. The number of nitrogens with one attached hydrogen (secondary N) is 1. The van der Waals surface area contributed by atoms with Crippen molar-refractivity contribution in [3.05, 3.63) is 58.7 Å². The van der Waals surface area contributed by atoms with Gasteiger partial charge in [-0.2, -0.15) is 23.4 Å². The summed E-state index contributed by atoms with van der Waals surface area (Å²) < 4.78 is 40.2. The van der Waals surface area contributed by atoms with Gasteiger partial charge in [0.1, 0.15) is 23.0 Å². The molecule has 0 aromatic heterocycles. The highest BCUT2D eigenvalue weighted by Crippen LogP contribution is 2.47. The SMILES string of the molecule is Cc1cc(C(F)(F)F)cc(C2(C(C)C)C(C#N)=C(N)N=C3NC=CN32)c1. The second kappa shape index (κ2) is 5.80. The highest BCUT2D eigenvalue weighted by atomic mass is 19.4. The molecule has 0 saturated carbocycles. The van der Waals surface area contributed by atoms with E-state index in [0.29, 0.717) is 17.1 Å². The van der Waals surface area contributed by atoms with E-state index < -0.39 is 17.3 Å². The van der Waals surface area contributed by atoms with Crippen LogP contribution in [0.5, 0.6) is 0 Å². The molecule has 26 heavy (non-hydrogen) atoms. The van der Waals surface area contributed by atoms with Crippen molar-refractivity contribution in [1.29, 1.82) is 5.26 Å². The van der Waals surface area contributed by atoms with E-state index in [4.69, 9.17) is 5.73 Å². The van der Waals surface area contributed by atoms with Crippen LogP contribution in [-0.4, -0.2) is 10.9 Å². The van der Waals surface area contributed by atoms with Gasteiger partial charge in [0.2, 0.25) is 5.96 Å². The Labute approximate surface area is 149 Å². The van der Waals surface area contributed by atoms with Crippen LogP contribution in [0, 0.1) is 24.2 Å². The van der Waals surface area contributed by atoms with Crippen molar-refractivity contribution < 1.29 is 13.2 Å². The number of hydrogen-bond acceptors (Lipinski definition) is 5. The zero-order valence-corrected chi connectivity index (χ0v) is 14.5. The molecule has 2 aliphatic heterocycles. The zero-order valence-electron chi connectivity index (χ0n) is 14.5. The molecule has 136 valence electrons. The molecule has 0 bridgehead atoms. The van der Waals surface area contributed by atoms with Crippen LogP contribution in [0.4, 0.5) is 13.2 Å². The Bertz CT molecular complexity index is 889. The van der Waals surface area contributed by atoms with Crippen LogP contribution in [-0.2, 0) is 11.7 Å². The van der Waals surface area contributed by atoms with Gasteiger partial charge >= 0.3 is 6.18 Å². The van der Waals surface area contributed by atoms with E-state index in [9.17, 15) is 18.4 Å². The summed E-state index contributed by atoms with van der Waals surface area (Å²) >= 11 is 0. The lowest BCUT2D eigenvalue weighted by Crippen LogP contribution is -2.54. The minimum absolute atomic E-state index is 0.00119. The number of nitriles is 1. The molecule has 0 spiro atoms. The van der Waals surface area contributed by atoms with Crippen LogP contribution in [0.3, 0.4) is 0 Å². The van der Waals surface area contributed by atoms with Crippen molar-refractivity contribution in [1.82, 2.24) is 10.2 Å². The second-order valence-electron chi connectivity index (χ2n) is 6.64. The topological polar surface area (TPSA) is 77.4 Å². The fraction of sp³-hybridized carbons (Fsp3) is 0.333. The molecule has 5 nitrogen and oxygen atoms in total. The minimum atomic E-state index is -4.49. The van der Waals surface area contributed by atoms with E-state index in [-0.39, 0.29) is 17.3 Å². The zero-order chi connectivity index (χ0) is 19.3. The molecule has 3 N–H and O–H groups in total. The van der Waals surface area contributed by atoms with Gasteiger partial charge in [-0.3, -0.25) is 0 Å². The van der Waals surface area contributed by atoms with Crippen molar-refractivity contribution in [2.45, 2.75) is 32.5 Å². The Balaban J connectivity index is 2.37. The highest BCUT2D eigenvalue weighted by molar-refractivity contribution is 5.88. The predicted molar refractivity (Wildman–Crippen MR) is 91.1 cm³/mol. The van der Waals surface area contributed by atoms with Gasteiger partial charge < -0.3 is 16.0 Å². The molecular formula is C18H18F3N5. The van der Waals surface area contributed by atoms with E-state index >= 15 is 0 Å². The first kappa shape index (κ1) is 17.9. The monoisotopic (exact) mass is 361 g/mol. The molecule has 0 fully saturated rings. The van der Waals surface area contributed by atoms with Gasteiger partial charge in [-0.25, -0.2) is 0 Å². The molecule has 0 radical (unpaired) electrons. The molecule has 1 atom stereocenters. The van der Waals surface area contributed by atoms with Crippen LogP contribution < -0.4 is 11.1 Å². The van der Waals surface area contributed by atoms with Gasteiger partial charge in [0.15, 0.2) is 0 Å². The van der Waals surface area contributed by atoms with E-state index in [1.54, 1.807) is 30.3 Å². The van der Waals surface area contributed by atoms with E-state index in [1.165, 1.54) is 0 Å². The van der Waals surface area contributed by atoms with Gasteiger partial charge in [-0.05, 0) is 30.5 Å². The number of halogens is 3. The summed E-state index contributed by atoms with van der Waals surface area (Å²) in [5.74, 6) is 0.109. The highest BCUT2D eigenvalue weighted by Gasteiger charge is 2.51. The molecule has 8 heteroatoms. The van der Waals surface area contributed by atoms with Gasteiger partial charge in [-0.1, -0.05) is 25.5 Å². The fourth-order valence-electron chi connectivity index (χ4n) is 3.68. The molecular weight excluding hydrogens is 343 g/mol. The molecule has 1 unspecified atom stereocenters. The molecule has 2 aliphatic rings. The summed E-state index contributed by atoms with van der Waals surface area (Å²) in [5.41, 5.74) is 4.98. The Morgan fingerprint density at radius 3 is 2.58 bits per heavy atom. The number of benzene rings is 1. The van der Waals surface area contributed by atoms with E-state index in [0.717, 1.165) is 12.1 Å². The summed E-state index contributed by atoms with van der Waals surface area (Å²) in [5, 5.41) is 12.7. The lowest BCUT2D eigenvalue weighted by Gasteiger charge is -2.47. The third kappa shape index (κ3) is 2.43. The minimum Gasteiger partial charge on any atom is -0.383 e. The normalized spacial score (nSPS) is 22.2.